The van der Waals surface area contributed by atoms with Crippen LogP contribution in [0.5, 0.6) is 0 Å². The molecule has 0 radical (unpaired) electrons. The van der Waals surface area contributed by atoms with Crippen LogP contribution in [0.15, 0.2) is 30.9 Å². The van der Waals surface area contributed by atoms with Crippen LogP contribution in [0, 0.1) is 13.8 Å². The molecule has 4 heterocycles. The summed E-state index contributed by atoms with van der Waals surface area (Å²) in [6.45, 7) is 24.5. The van der Waals surface area contributed by atoms with Crippen molar-refractivity contribution in [2.24, 2.45) is 0 Å². The molecule has 1 N–H and O–H groups in total. The van der Waals surface area contributed by atoms with E-state index in [1.165, 1.54) is 28.9 Å². The first-order valence-electron chi connectivity index (χ1n) is 15.1. The van der Waals surface area contributed by atoms with Crippen LogP contribution in [0.3, 0.4) is 0 Å². The van der Waals surface area contributed by atoms with Crippen LogP contribution in [-0.4, -0.2) is 51.3 Å². The van der Waals surface area contributed by atoms with E-state index in [2.05, 4.69) is 58.2 Å². The Morgan fingerprint density at radius 1 is 0.923 bits per heavy atom. The van der Waals surface area contributed by atoms with E-state index in [4.69, 9.17) is 0 Å². The zero-order chi connectivity index (χ0) is 29.6. The number of imidazole rings is 1. The van der Waals surface area contributed by atoms with Crippen LogP contribution in [0.4, 0.5) is 5.69 Å². The van der Waals surface area contributed by atoms with E-state index in [0.29, 0.717) is 0 Å². The molecule has 0 atom stereocenters. The zero-order valence-corrected chi connectivity index (χ0v) is 26.6. The van der Waals surface area contributed by atoms with Crippen molar-refractivity contribution in [3.63, 3.8) is 0 Å². The third-order valence-electron chi connectivity index (χ3n) is 5.83. The molecule has 0 bridgehead atoms. The second kappa shape index (κ2) is 22.1. The molecule has 3 aromatic rings. The van der Waals surface area contributed by atoms with Crippen molar-refractivity contribution in [3.05, 3.63) is 53.4 Å². The monoisotopic (exact) mass is 540 g/mol. The second-order valence-electron chi connectivity index (χ2n) is 9.13. The fourth-order valence-corrected chi connectivity index (χ4v) is 4.16. The largest absolute Gasteiger partial charge is 0.369 e. The number of hydrogen-bond donors (Lipinski definition) is 1. The van der Waals surface area contributed by atoms with E-state index in [-0.39, 0.29) is 5.78 Å². The third-order valence-corrected chi connectivity index (χ3v) is 5.83. The first kappa shape index (κ1) is 36.2. The van der Waals surface area contributed by atoms with Gasteiger partial charge in [-0.3, -0.25) is 9.38 Å². The van der Waals surface area contributed by atoms with Crippen molar-refractivity contribution >= 4 is 17.2 Å². The summed E-state index contributed by atoms with van der Waals surface area (Å²) in [5.74, 6) is 1.08. The number of carbonyl (C=O) groups excluding carboxylic acids is 1. The fraction of sp³-hybridized carbons (Fsp3) is 0.625. The minimum atomic E-state index is 0.289. The molecule has 0 aliphatic carbocycles. The van der Waals surface area contributed by atoms with Gasteiger partial charge >= 0.3 is 0 Å². The van der Waals surface area contributed by atoms with Gasteiger partial charge in [-0.25, -0.2) is 9.97 Å². The highest BCUT2D eigenvalue weighted by molar-refractivity contribution is 5.75. The summed E-state index contributed by atoms with van der Waals surface area (Å²) in [5.41, 5.74) is 6.31. The Kier molecular flexibility index (Phi) is 20.5. The van der Waals surface area contributed by atoms with Crippen molar-refractivity contribution in [3.8, 4) is 0 Å². The molecule has 39 heavy (non-hydrogen) atoms. The highest BCUT2D eigenvalue weighted by Gasteiger charge is 2.15. The molecule has 0 spiro atoms. The molecule has 0 amide bonds. The Morgan fingerprint density at radius 3 is 2.10 bits per heavy atom. The van der Waals surface area contributed by atoms with Crippen molar-refractivity contribution < 1.29 is 4.79 Å². The molecule has 0 aromatic carbocycles. The maximum absolute atomic E-state index is 10.0. The van der Waals surface area contributed by atoms with Gasteiger partial charge in [0, 0.05) is 68.8 Å². The first-order valence-corrected chi connectivity index (χ1v) is 15.1. The average Bonchev–Trinajstić information content (AvgIpc) is 3.33. The Morgan fingerprint density at radius 2 is 1.56 bits per heavy atom. The van der Waals surface area contributed by atoms with Gasteiger partial charge < -0.3 is 15.0 Å². The van der Waals surface area contributed by atoms with Gasteiger partial charge in [0.15, 0.2) is 0 Å². The smallest absolute Gasteiger partial charge is 0.233 e. The van der Waals surface area contributed by atoms with Gasteiger partial charge in [-0.1, -0.05) is 61.3 Å². The zero-order valence-electron chi connectivity index (χ0n) is 26.6. The summed E-state index contributed by atoms with van der Waals surface area (Å²) in [6, 6.07) is 2.17. The Balaban J connectivity index is 0.000000564. The molecule has 0 unspecified atom stereocenters. The van der Waals surface area contributed by atoms with Crippen molar-refractivity contribution in [1.82, 2.24) is 24.7 Å². The second-order valence-corrected chi connectivity index (χ2v) is 9.13. The van der Waals surface area contributed by atoms with Crippen LogP contribution >= 0.6 is 0 Å². The van der Waals surface area contributed by atoms with E-state index in [1.54, 1.807) is 6.92 Å². The summed E-state index contributed by atoms with van der Waals surface area (Å²) >= 11 is 0. The van der Waals surface area contributed by atoms with Crippen LogP contribution in [0.25, 0.3) is 5.78 Å². The Labute approximate surface area is 238 Å². The lowest BCUT2D eigenvalue weighted by molar-refractivity contribution is -0.117. The number of rotatable bonds is 7. The van der Waals surface area contributed by atoms with Gasteiger partial charge in [0.2, 0.25) is 5.78 Å². The molecule has 220 valence electrons. The van der Waals surface area contributed by atoms with E-state index in [9.17, 15) is 4.79 Å². The lowest BCUT2D eigenvalue weighted by Crippen LogP contribution is -2.44. The highest BCUT2D eigenvalue weighted by atomic mass is 16.1. The van der Waals surface area contributed by atoms with Gasteiger partial charge in [-0.2, -0.15) is 0 Å². The lowest BCUT2D eigenvalue weighted by atomic mass is 10.1. The summed E-state index contributed by atoms with van der Waals surface area (Å²) in [7, 11) is 0. The summed E-state index contributed by atoms with van der Waals surface area (Å²) in [4.78, 5) is 25.5. The quantitative estimate of drug-likeness (QED) is 0.342. The van der Waals surface area contributed by atoms with Gasteiger partial charge in [0.25, 0.3) is 0 Å². The van der Waals surface area contributed by atoms with Gasteiger partial charge in [-0.05, 0) is 57.2 Å². The molecular weight excluding hydrogens is 484 g/mol. The summed E-state index contributed by atoms with van der Waals surface area (Å²) in [5, 5.41) is 3.39. The SMILES string of the molecule is CC.CC.CCCC(C)=O.CCCc1c(N2CCNCC2)ccnc1C.CCCc1cnc2nc(C)cn2c1. The predicted octanol–water partition coefficient (Wildman–Crippen LogP) is 7.17. The van der Waals surface area contributed by atoms with Crippen molar-refractivity contribution in [2.75, 3.05) is 31.1 Å². The molecular formula is C32H56N6O. The number of pyridine rings is 1. The van der Waals surface area contributed by atoms with Gasteiger partial charge in [-0.15, -0.1) is 0 Å². The molecule has 1 aliphatic rings. The normalized spacial score (nSPS) is 12.0. The van der Waals surface area contributed by atoms with E-state index < -0.39 is 0 Å². The molecule has 1 fully saturated rings. The number of nitrogens with zero attached hydrogens (tertiary/aromatic N) is 5. The molecule has 7 nitrogen and oxygen atoms in total. The van der Waals surface area contributed by atoms with Gasteiger partial charge in [0.1, 0.15) is 5.78 Å². The van der Waals surface area contributed by atoms with Crippen molar-refractivity contribution in [2.45, 2.75) is 108 Å². The number of piperazine rings is 1. The number of nitrogens with one attached hydrogen (secondary N) is 1. The van der Waals surface area contributed by atoms with E-state index >= 15 is 0 Å². The number of anilines is 1. The third kappa shape index (κ3) is 13.7. The lowest BCUT2D eigenvalue weighted by Gasteiger charge is -2.31. The van der Waals surface area contributed by atoms with Gasteiger partial charge in [0.05, 0.1) is 5.69 Å². The minimum absolute atomic E-state index is 0.289. The topological polar surface area (TPSA) is 75.4 Å². The number of fused-ring (bicyclic) bond motifs is 1. The first-order chi connectivity index (χ1) is 18.9. The number of ketones is 1. The van der Waals surface area contributed by atoms with E-state index in [0.717, 1.165) is 69.8 Å². The van der Waals surface area contributed by atoms with E-state index in [1.807, 2.05) is 64.5 Å². The Bertz CT molecular complexity index is 1040. The predicted molar refractivity (Wildman–Crippen MR) is 168 cm³/mol. The number of hydrogen-bond acceptors (Lipinski definition) is 6. The molecule has 1 aliphatic heterocycles. The average molecular weight is 541 g/mol. The standard InChI is InChI=1S/C13H21N3.C10H13N3.C5H10O.2C2H6/c1-3-4-12-11(2)15-6-5-13(12)16-9-7-14-8-10-16;1-3-4-9-5-11-10-12-8(2)6-13(10)7-9;1-3-4-5(2)6;2*1-2/h5-6,14H,3-4,7-10H2,1-2H3;5-7H,3-4H2,1-2H3;3-4H2,1-2H3;2*1-2H3. The van der Waals surface area contributed by atoms with Crippen molar-refractivity contribution in [1.29, 1.82) is 0 Å². The number of aromatic nitrogens is 4. The van der Waals surface area contributed by atoms with Crippen LogP contribution in [-0.2, 0) is 17.6 Å². The maximum Gasteiger partial charge on any atom is 0.233 e. The highest BCUT2D eigenvalue weighted by Crippen LogP contribution is 2.24. The minimum Gasteiger partial charge on any atom is -0.369 e. The van der Waals surface area contributed by atoms with Crippen LogP contribution in [0.2, 0.25) is 0 Å². The molecule has 4 rings (SSSR count). The molecule has 1 saturated heterocycles. The number of carbonyl (C=O) groups is 1. The summed E-state index contributed by atoms with van der Waals surface area (Å²) in [6.07, 6.45) is 14.2. The van der Waals surface area contributed by atoms with Crippen LogP contribution < -0.4 is 10.2 Å². The fourth-order valence-electron chi connectivity index (χ4n) is 4.16. The summed E-state index contributed by atoms with van der Waals surface area (Å²) < 4.78 is 1.99. The maximum atomic E-state index is 10.0. The number of aryl methyl sites for hydroxylation is 3. The van der Waals surface area contributed by atoms with Crippen LogP contribution in [0.1, 0.15) is 104 Å². The number of Topliss-reactive ketones (excluding diaryl/α,β-unsaturated/α-hetero) is 1. The Hall–Kier alpha value is -2.80. The molecule has 0 saturated carbocycles. The molecule has 7 heteroatoms. The molecule has 3 aromatic heterocycles.